The summed E-state index contributed by atoms with van der Waals surface area (Å²) in [5, 5.41) is 0.670. The van der Waals surface area contributed by atoms with Gasteiger partial charge in [-0.1, -0.05) is 24.3 Å². The molecule has 45 heavy (non-hydrogen) atoms. The number of pyridine rings is 1. The number of carbonyl (C=O) groups excluding carboxylic acids is 3. The smallest absolute Gasteiger partial charge is 0.415 e. The second kappa shape index (κ2) is 12.6. The van der Waals surface area contributed by atoms with Crippen LogP contribution in [0.1, 0.15) is 24.0 Å². The van der Waals surface area contributed by atoms with Crippen molar-refractivity contribution in [2.45, 2.75) is 25.7 Å². The lowest BCUT2D eigenvalue weighted by Crippen LogP contribution is -2.48. The number of hydrogen-bond donors (Lipinski definition) is 0. The van der Waals surface area contributed by atoms with Crippen molar-refractivity contribution in [1.29, 1.82) is 0 Å². The quantitative estimate of drug-likeness (QED) is 0.213. The van der Waals surface area contributed by atoms with Gasteiger partial charge in [0.15, 0.2) is 23.1 Å². The normalized spacial score (nSPS) is 15.8. The number of likely N-dealkylation sites (N-methyl/N-ethyl adjacent to an activating group) is 1. The third-order valence-corrected chi connectivity index (χ3v) is 8.56. The van der Waals surface area contributed by atoms with Crippen LogP contribution in [-0.4, -0.2) is 72.8 Å². The van der Waals surface area contributed by atoms with Crippen LogP contribution in [0, 0.1) is 11.2 Å². The summed E-state index contributed by atoms with van der Waals surface area (Å²) in [5.41, 5.74) is 1.10. The number of fused-ring (bicyclic) bond motifs is 1. The fraction of sp³-hybridized carbons (Fsp3) is 0.314. The number of ketones is 2. The molecule has 1 saturated heterocycles. The Morgan fingerprint density at radius 3 is 2.04 bits per heavy atom. The molecule has 0 spiro atoms. The number of methoxy groups -OCH3 is 1. The Kier molecular flexibility index (Phi) is 8.49. The minimum Gasteiger partial charge on any atom is -0.493 e. The number of ether oxygens (including phenoxy) is 3. The van der Waals surface area contributed by atoms with Gasteiger partial charge in [0.05, 0.1) is 18.0 Å². The fourth-order valence-corrected chi connectivity index (χ4v) is 5.56. The maximum absolute atomic E-state index is 13.2. The van der Waals surface area contributed by atoms with Crippen LogP contribution in [-0.2, 0) is 22.4 Å². The lowest BCUT2D eigenvalue weighted by atomic mass is 9.88. The van der Waals surface area contributed by atoms with E-state index in [-0.39, 0.29) is 36.0 Å². The van der Waals surface area contributed by atoms with E-state index in [1.54, 1.807) is 53.6 Å². The van der Waals surface area contributed by atoms with E-state index in [0.717, 1.165) is 18.7 Å². The number of hydrogen-bond acceptors (Lipinski definition) is 8. The van der Waals surface area contributed by atoms with Gasteiger partial charge in [0.25, 0.3) is 0 Å². The first-order chi connectivity index (χ1) is 21.7. The van der Waals surface area contributed by atoms with Gasteiger partial charge < -0.3 is 24.0 Å². The fourth-order valence-electron chi connectivity index (χ4n) is 5.56. The van der Waals surface area contributed by atoms with Gasteiger partial charge in [-0.2, -0.15) is 0 Å². The predicted molar refractivity (Wildman–Crippen MR) is 165 cm³/mol. The summed E-state index contributed by atoms with van der Waals surface area (Å²) in [7, 11) is 3.52. The number of rotatable bonds is 10. The first-order valence-corrected chi connectivity index (χ1v) is 14.9. The summed E-state index contributed by atoms with van der Waals surface area (Å²) in [5.74, 6) is 1.16. The van der Waals surface area contributed by atoms with Crippen molar-refractivity contribution in [1.82, 2.24) is 14.8 Å². The topological polar surface area (TPSA) is 98.3 Å². The Labute approximate surface area is 260 Å². The van der Waals surface area contributed by atoms with Crippen LogP contribution in [0.5, 0.6) is 23.0 Å². The molecule has 6 rings (SSSR count). The molecule has 1 aliphatic carbocycles. The summed E-state index contributed by atoms with van der Waals surface area (Å²) >= 11 is 0. The highest BCUT2D eigenvalue weighted by Gasteiger charge is 2.54. The molecule has 3 aromatic carbocycles. The van der Waals surface area contributed by atoms with E-state index < -0.39 is 11.5 Å². The van der Waals surface area contributed by atoms with Crippen LogP contribution in [0.2, 0.25) is 0 Å². The van der Waals surface area contributed by atoms with Crippen molar-refractivity contribution >= 4 is 28.6 Å². The number of halogens is 1. The van der Waals surface area contributed by atoms with Gasteiger partial charge in [-0.15, -0.1) is 0 Å². The molecule has 10 heteroatoms. The Morgan fingerprint density at radius 2 is 1.44 bits per heavy atom. The number of benzene rings is 3. The van der Waals surface area contributed by atoms with E-state index in [1.165, 1.54) is 19.2 Å². The molecule has 1 saturated carbocycles. The summed E-state index contributed by atoms with van der Waals surface area (Å²) in [6.45, 7) is 2.74. The number of amides is 1. The van der Waals surface area contributed by atoms with Gasteiger partial charge in [0, 0.05) is 56.7 Å². The van der Waals surface area contributed by atoms with Gasteiger partial charge in [-0.05, 0) is 67.4 Å². The summed E-state index contributed by atoms with van der Waals surface area (Å²) in [6.07, 6.45) is 2.52. The number of nitrogens with zero attached hydrogens (tertiary/aromatic N) is 3. The maximum atomic E-state index is 13.2. The van der Waals surface area contributed by atoms with Crippen molar-refractivity contribution < 1.29 is 33.0 Å². The maximum Gasteiger partial charge on any atom is 0.415 e. The molecule has 1 aromatic heterocycles. The molecule has 0 N–H and O–H groups in total. The second-order valence-electron chi connectivity index (χ2n) is 11.6. The number of aromatic nitrogens is 1. The number of piperazine rings is 1. The summed E-state index contributed by atoms with van der Waals surface area (Å²) in [4.78, 5) is 47.3. The Morgan fingerprint density at radius 1 is 0.822 bits per heavy atom. The zero-order valence-corrected chi connectivity index (χ0v) is 25.3. The molecule has 0 atom stereocenters. The molecule has 0 radical (unpaired) electrons. The average molecular weight is 612 g/mol. The van der Waals surface area contributed by atoms with Crippen molar-refractivity contribution in [2.75, 3.05) is 40.3 Å². The van der Waals surface area contributed by atoms with Crippen molar-refractivity contribution in [2.24, 2.45) is 5.41 Å². The minimum absolute atomic E-state index is 0.0976. The van der Waals surface area contributed by atoms with E-state index in [9.17, 15) is 18.8 Å². The van der Waals surface area contributed by atoms with Crippen molar-refractivity contribution in [3.8, 4) is 23.0 Å². The molecule has 9 nitrogen and oxygen atoms in total. The van der Waals surface area contributed by atoms with Crippen molar-refractivity contribution in [3.63, 3.8) is 0 Å². The molecule has 2 aliphatic rings. The molecule has 4 aromatic rings. The highest BCUT2D eigenvalue weighted by Crippen LogP contribution is 2.49. The van der Waals surface area contributed by atoms with Gasteiger partial charge in [-0.3, -0.25) is 14.6 Å². The van der Waals surface area contributed by atoms with Crippen LogP contribution in [0.3, 0.4) is 0 Å². The lowest BCUT2D eigenvalue weighted by molar-refractivity contribution is -0.133. The standard InChI is InChI=1S/C35H34FN3O6/c1-38-15-17-39(18-16-38)34(42)45-31-22-28-27(21-30(31)43-2)29(11-14-37-28)44-26-9-5-24(6-10-26)20-33(41)35(12-13-35)32(40)19-23-3-7-25(36)8-4-23/h3-11,14,21-22H,12-13,15-20H2,1-2H3. The van der Waals surface area contributed by atoms with E-state index in [4.69, 9.17) is 14.2 Å². The van der Waals surface area contributed by atoms with E-state index in [2.05, 4.69) is 9.88 Å². The molecular formula is C35H34FN3O6. The Balaban J connectivity index is 1.12. The Bertz CT molecular complexity index is 1730. The van der Waals surface area contributed by atoms with Crippen LogP contribution in [0.4, 0.5) is 9.18 Å². The molecule has 0 unspecified atom stereocenters. The second-order valence-corrected chi connectivity index (χ2v) is 11.6. The van der Waals surface area contributed by atoms with Crippen LogP contribution < -0.4 is 14.2 Å². The van der Waals surface area contributed by atoms with E-state index in [0.29, 0.717) is 59.6 Å². The molecular weight excluding hydrogens is 577 g/mol. The third-order valence-electron chi connectivity index (χ3n) is 8.56. The summed E-state index contributed by atoms with van der Waals surface area (Å²) in [6, 6.07) is 18.1. The zero-order chi connectivity index (χ0) is 31.6. The van der Waals surface area contributed by atoms with E-state index in [1.807, 2.05) is 19.2 Å². The van der Waals surface area contributed by atoms with Crippen molar-refractivity contribution in [3.05, 3.63) is 89.9 Å². The third kappa shape index (κ3) is 6.66. The first kappa shape index (κ1) is 30.2. The van der Waals surface area contributed by atoms with Gasteiger partial charge in [0.1, 0.15) is 17.3 Å². The number of Topliss-reactive ketones (excluding diaryl/α,β-unsaturated/α-hetero) is 2. The predicted octanol–water partition coefficient (Wildman–Crippen LogP) is 5.62. The Hall–Kier alpha value is -4.83. The molecule has 0 bridgehead atoms. The molecule has 2 heterocycles. The molecule has 1 aliphatic heterocycles. The van der Waals surface area contributed by atoms with Crippen LogP contribution in [0.15, 0.2) is 72.9 Å². The van der Waals surface area contributed by atoms with Gasteiger partial charge in [0.2, 0.25) is 0 Å². The largest absolute Gasteiger partial charge is 0.493 e. The number of carbonyl (C=O) groups is 3. The molecule has 2 fully saturated rings. The van der Waals surface area contributed by atoms with Crippen LogP contribution in [0.25, 0.3) is 10.9 Å². The lowest BCUT2D eigenvalue weighted by Gasteiger charge is -2.31. The van der Waals surface area contributed by atoms with Gasteiger partial charge in [-0.25, -0.2) is 9.18 Å². The SMILES string of the molecule is COc1cc2c(Oc3ccc(CC(=O)C4(C(=O)Cc5ccc(F)cc5)CC4)cc3)ccnc2cc1OC(=O)N1CCN(C)CC1. The first-order valence-electron chi connectivity index (χ1n) is 14.9. The highest BCUT2D eigenvalue weighted by atomic mass is 19.1. The average Bonchev–Trinajstić information content (AvgIpc) is 3.86. The molecule has 1 amide bonds. The van der Waals surface area contributed by atoms with Gasteiger partial charge >= 0.3 is 6.09 Å². The van der Waals surface area contributed by atoms with Crippen LogP contribution >= 0.6 is 0 Å². The molecule has 232 valence electrons. The monoisotopic (exact) mass is 611 g/mol. The zero-order valence-electron chi connectivity index (χ0n) is 25.3. The highest BCUT2D eigenvalue weighted by molar-refractivity contribution is 6.11. The van der Waals surface area contributed by atoms with E-state index >= 15 is 0 Å². The minimum atomic E-state index is -0.948. The summed E-state index contributed by atoms with van der Waals surface area (Å²) < 4.78 is 30.7.